The summed E-state index contributed by atoms with van der Waals surface area (Å²) < 4.78 is 32.3. The summed E-state index contributed by atoms with van der Waals surface area (Å²) in [6.45, 7) is 16.3. The van der Waals surface area contributed by atoms with Gasteiger partial charge in [-0.25, -0.2) is 14.8 Å². The molecular formula is C48H58N12O8. The second kappa shape index (κ2) is 18.6. The summed E-state index contributed by atoms with van der Waals surface area (Å²) >= 11 is 0. The molecule has 3 aliphatic heterocycles. The monoisotopic (exact) mass is 930 g/mol. The van der Waals surface area contributed by atoms with E-state index in [9.17, 15) is 19.2 Å². The number of hydrogen-bond acceptors (Lipinski definition) is 13. The number of hydrogen-bond donors (Lipinski definition) is 3. The average Bonchev–Trinajstić information content (AvgIpc) is 4.12. The van der Waals surface area contributed by atoms with Gasteiger partial charge in [0.05, 0.1) is 66.4 Å². The molecule has 20 nitrogen and oxygen atoms in total. The smallest absolute Gasteiger partial charge is 0.338 e. The number of aromatic nitrogens is 8. The Morgan fingerprint density at radius 1 is 0.765 bits per heavy atom. The fourth-order valence-corrected chi connectivity index (χ4v) is 9.75. The van der Waals surface area contributed by atoms with Gasteiger partial charge < -0.3 is 33.8 Å². The third-order valence-corrected chi connectivity index (χ3v) is 13.3. The van der Waals surface area contributed by atoms with Crippen LogP contribution >= 0.6 is 0 Å². The Bertz CT molecular complexity index is 2970. The van der Waals surface area contributed by atoms with Crippen molar-refractivity contribution in [3.05, 3.63) is 82.5 Å². The fraction of sp³-hybridized carbons (Fsp3) is 0.458. The molecule has 4 aromatic heterocycles. The van der Waals surface area contributed by atoms with Gasteiger partial charge in [0.25, 0.3) is 11.8 Å². The number of nitrogens with one attached hydrogen (secondary N) is 2. The third kappa shape index (κ3) is 8.57. The SMILES string of the molecule is CCOC(=O)c1cc2c3c(c1)nc(NC(=O)c1cc(C)nn1CC)n3C/C=C/Cn1c(NC(=O)c3cc(C)nn3CC)nc3cc(C(N)=O)cc(c31)OC[C@](C)(C(C)N1C3CCC1COC3)CO2. The molecule has 68 heavy (non-hydrogen) atoms. The van der Waals surface area contributed by atoms with Gasteiger partial charge in [0.2, 0.25) is 17.8 Å². The maximum absolute atomic E-state index is 14.1. The van der Waals surface area contributed by atoms with Gasteiger partial charge in [0.1, 0.15) is 33.9 Å². The average molecular weight is 931 g/mol. The van der Waals surface area contributed by atoms with Crippen molar-refractivity contribution in [2.45, 2.75) is 106 Å². The normalized spacial score (nSPS) is 20.5. The number of imidazole rings is 2. The number of esters is 1. The minimum atomic E-state index is -0.783. The number of amides is 3. The van der Waals surface area contributed by atoms with E-state index in [4.69, 9.17) is 34.6 Å². The highest BCUT2D eigenvalue weighted by atomic mass is 16.5. The minimum absolute atomic E-state index is 0.0890. The quantitative estimate of drug-likeness (QED) is 0.108. The number of primary amides is 1. The lowest BCUT2D eigenvalue weighted by atomic mass is 9.82. The van der Waals surface area contributed by atoms with E-state index in [1.165, 1.54) is 0 Å². The molecule has 0 aliphatic carbocycles. The maximum Gasteiger partial charge on any atom is 0.338 e. The Hall–Kier alpha value is -7.06. The van der Waals surface area contributed by atoms with E-state index in [1.807, 2.05) is 49.0 Å². The molecule has 3 aliphatic rings. The number of anilines is 2. The Balaban J connectivity index is 1.21. The summed E-state index contributed by atoms with van der Waals surface area (Å²) in [5.41, 5.74) is 9.47. The Morgan fingerprint density at radius 3 is 1.72 bits per heavy atom. The standard InChI is InChI=1S/C48H58N12O8/c1-8-58-36(17-27(4)54-58)43(62)52-46-50-34-19-30(42(49)61)21-38-40(34)56(46)15-11-12-16-57-41-35(51-47(57)53-44(63)37-18-28(5)55-59(37)9-2)20-31(45(64)66-10-3)22-39(41)68-26-48(7,25-67-38)29(6)60-32-13-14-33(60)24-65-23-32/h11-12,17-22,29,32-33H,8-10,13-16,23-26H2,1-7H3,(H2,49,61)(H,50,52,62)(H,51,53,63)/b12-11+/t29?,32?,33?,48-/m0/s1. The van der Waals surface area contributed by atoms with Crippen LogP contribution in [0.3, 0.4) is 0 Å². The molecule has 3 unspecified atom stereocenters. The van der Waals surface area contributed by atoms with E-state index in [0.29, 0.717) is 82.6 Å². The molecule has 2 bridgehead atoms. The van der Waals surface area contributed by atoms with Gasteiger partial charge in [0.15, 0.2) is 0 Å². The molecular weight excluding hydrogens is 873 g/mol. The number of morpholine rings is 1. The maximum atomic E-state index is 14.1. The summed E-state index contributed by atoms with van der Waals surface area (Å²) in [6.07, 6.45) is 5.76. The predicted octanol–water partition coefficient (Wildman–Crippen LogP) is 5.50. The number of nitrogens with two attached hydrogens (primary N) is 1. The van der Waals surface area contributed by atoms with E-state index in [-0.39, 0.29) is 74.1 Å². The van der Waals surface area contributed by atoms with Crippen molar-refractivity contribution in [1.82, 2.24) is 43.6 Å². The molecule has 0 spiro atoms. The van der Waals surface area contributed by atoms with Crippen LogP contribution in [0.2, 0.25) is 0 Å². The largest absolute Gasteiger partial charge is 0.491 e. The summed E-state index contributed by atoms with van der Waals surface area (Å²) in [5, 5.41) is 15.0. The van der Waals surface area contributed by atoms with Gasteiger partial charge >= 0.3 is 5.97 Å². The molecule has 4 N–H and O–H groups in total. The zero-order valence-electron chi connectivity index (χ0n) is 39.5. The van der Waals surface area contributed by atoms with E-state index < -0.39 is 29.1 Å². The van der Waals surface area contributed by atoms with Crippen molar-refractivity contribution < 1.29 is 38.1 Å². The van der Waals surface area contributed by atoms with Crippen LogP contribution in [0.1, 0.15) is 101 Å². The zero-order valence-corrected chi connectivity index (χ0v) is 39.5. The van der Waals surface area contributed by atoms with Crippen LogP contribution in [-0.2, 0) is 35.7 Å². The van der Waals surface area contributed by atoms with Crippen molar-refractivity contribution >= 4 is 57.7 Å². The first kappa shape index (κ1) is 46.1. The third-order valence-electron chi connectivity index (χ3n) is 13.3. The molecule has 20 heteroatoms. The Kier molecular flexibility index (Phi) is 12.6. The van der Waals surface area contributed by atoms with E-state index in [2.05, 4.69) is 39.6 Å². The highest BCUT2D eigenvalue weighted by Crippen LogP contribution is 2.41. The van der Waals surface area contributed by atoms with Gasteiger partial charge in [-0.1, -0.05) is 19.1 Å². The minimum Gasteiger partial charge on any atom is -0.491 e. The molecule has 4 atom stereocenters. The lowest BCUT2D eigenvalue weighted by Crippen LogP contribution is -2.58. The number of rotatable bonds is 11. The number of benzene rings is 2. The molecule has 2 saturated heterocycles. The molecule has 9 rings (SSSR count). The number of nitrogens with zero attached hydrogens (tertiary/aromatic N) is 9. The van der Waals surface area contributed by atoms with Crippen LogP contribution in [-0.4, -0.2) is 118 Å². The van der Waals surface area contributed by atoms with Gasteiger partial charge in [-0.15, -0.1) is 0 Å². The molecule has 7 heterocycles. The summed E-state index contributed by atoms with van der Waals surface area (Å²) in [5.74, 6) is -0.975. The molecule has 358 valence electrons. The van der Waals surface area contributed by atoms with Crippen molar-refractivity contribution in [2.24, 2.45) is 11.1 Å². The summed E-state index contributed by atoms with van der Waals surface area (Å²) in [4.78, 5) is 66.7. The number of ether oxygens (including phenoxy) is 4. The van der Waals surface area contributed by atoms with Crippen LogP contribution in [0, 0.1) is 19.3 Å². The molecule has 0 radical (unpaired) electrons. The van der Waals surface area contributed by atoms with Gasteiger partial charge in [-0.3, -0.25) is 39.3 Å². The predicted molar refractivity (Wildman–Crippen MR) is 252 cm³/mol. The second-order valence-electron chi connectivity index (χ2n) is 18.0. The summed E-state index contributed by atoms with van der Waals surface area (Å²) in [7, 11) is 0. The van der Waals surface area contributed by atoms with Crippen molar-refractivity contribution in [2.75, 3.05) is 43.7 Å². The van der Waals surface area contributed by atoms with Crippen LogP contribution in [0.15, 0.2) is 48.6 Å². The van der Waals surface area contributed by atoms with Crippen LogP contribution in [0.4, 0.5) is 11.9 Å². The highest BCUT2D eigenvalue weighted by Gasteiger charge is 2.47. The first-order valence-corrected chi connectivity index (χ1v) is 23.2. The number of allylic oxidation sites excluding steroid dienone is 2. The van der Waals surface area contributed by atoms with E-state index in [0.717, 1.165) is 12.8 Å². The molecule has 6 aromatic rings. The summed E-state index contributed by atoms with van der Waals surface area (Å²) in [6, 6.07) is 10.2. The van der Waals surface area contributed by atoms with E-state index in [1.54, 1.807) is 52.7 Å². The van der Waals surface area contributed by atoms with Gasteiger partial charge in [-0.05, 0) is 90.8 Å². The van der Waals surface area contributed by atoms with Gasteiger partial charge in [-0.2, -0.15) is 10.2 Å². The first-order chi connectivity index (χ1) is 32.7. The van der Waals surface area contributed by atoms with E-state index >= 15 is 0 Å². The lowest BCUT2D eigenvalue weighted by Gasteiger charge is -2.46. The highest BCUT2D eigenvalue weighted by molar-refractivity contribution is 6.05. The number of carbonyl (C=O) groups is 4. The number of aryl methyl sites for hydroxylation is 4. The zero-order chi connectivity index (χ0) is 48.0. The van der Waals surface area contributed by atoms with Crippen molar-refractivity contribution in [3.63, 3.8) is 0 Å². The number of carbonyl (C=O) groups excluding carboxylic acids is 4. The van der Waals surface area contributed by atoms with Crippen molar-refractivity contribution in [1.29, 1.82) is 0 Å². The number of fused-ring (bicyclic) bond motifs is 2. The Morgan fingerprint density at radius 2 is 1.25 bits per heavy atom. The topological polar surface area (TPSA) is 230 Å². The molecule has 2 fully saturated rings. The molecule has 2 aromatic carbocycles. The lowest BCUT2D eigenvalue weighted by molar-refractivity contribution is -0.0778. The molecule has 0 saturated carbocycles. The second-order valence-corrected chi connectivity index (χ2v) is 18.0. The Labute approximate surface area is 392 Å². The first-order valence-electron chi connectivity index (χ1n) is 23.2. The van der Waals surface area contributed by atoms with Crippen LogP contribution in [0.5, 0.6) is 11.5 Å². The van der Waals surface area contributed by atoms with Crippen molar-refractivity contribution in [3.8, 4) is 11.5 Å². The van der Waals surface area contributed by atoms with Crippen LogP contribution in [0.25, 0.3) is 22.1 Å². The fourth-order valence-electron chi connectivity index (χ4n) is 9.75. The van der Waals surface area contributed by atoms with Crippen LogP contribution < -0.4 is 25.8 Å². The van der Waals surface area contributed by atoms with Gasteiger partial charge in [0, 0.05) is 49.9 Å². The molecule has 3 amide bonds.